The van der Waals surface area contributed by atoms with Crippen molar-refractivity contribution in [3.8, 4) is 44.5 Å². The Kier molecular flexibility index (Phi) is 6.66. The normalized spacial score (nSPS) is 13.3. The Morgan fingerprint density at radius 1 is 0.321 bits per heavy atom. The SMILES string of the molecule is CC1(C)c2cc(-c3c4ccccc4c(-c4ccc(-c5ccccc5)c5ccccc45)c4ccccc34)ccc2-c2c1ccc1cc3sc4ccccc4c3cc21. The summed E-state index contributed by atoms with van der Waals surface area (Å²) in [4.78, 5) is 0. The van der Waals surface area contributed by atoms with Gasteiger partial charge in [-0.05, 0) is 123 Å². The van der Waals surface area contributed by atoms with E-state index >= 15 is 0 Å². The van der Waals surface area contributed by atoms with Gasteiger partial charge in [-0.1, -0.05) is 172 Å². The maximum absolute atomic E-state index is 2.51. The average molecular weight is 729 g/mol. The van der Waals surface area contributed by atoms with Gasteiger partial charge in [-0.2, -0.15) is 0 Å². The highest BCUT2D eigenvalue weighted by Crippen LogP contribution is 2.54. The highest BCUT2D eigenvalue weighted by molar-refractivity contribution is 7.25. The van der Waals surface area contributed by atoms with Crippen molar-refractivity contribution in [1.29, 1.82) is 0 Å². The molecule has 0 aliphatic heterocycles. The first-order valence-electron chi connectivity index (χ1n) is 19.6. The van der Waals surface area contributed by atoms with E-state index in [4.69, 9.17) is 0 Å². The van der Waals surface area contributed by atoms with Gasteiger partial charge in [0.25, 0.3) is 0 Å². The van der Waals surface area contributed by atoms with Crippen molar-refractivity contribution in [2.75, 3.05) is 0 Å². The van der Waals surface area contributed by atoms with Gasteiger partial charge in [0.05, 0.1) is 0 Å². The third-order valence-electron chi connectivity index (χ3n) is 12.7. The molecule has 1 heteroatoms. The van der Waals surface area contributed by atoms with Crippen LogP contribution in [-0.2, 0) is 5.41 Å². The minimum absolute atomic E-state index is 0.147. The fourth-order valence-corrected chi connectivity index (χ4v) is 11.2. The van der Waals surface area contributed by atoms with Crippen LogP contribution in [-0.4, -0.2) is 0 Å². The van der Waals surface area contributed by atoms with Crippen LogP contribution < -0.4 is 0 Å². The fraction of sp³-hybridized carbons (Fsp3) is 0.0545. The van der Waals surface area contributed by atoms with E-state index in [0.29, 0.717) is 0 Å². The van der Waals surface area contributed by atoms with Gasteiger partial charge in [0.2, 0.25) is 0 Å². The van der Waals surface area contributed by atoms with Crippen molar-refractivity contribution in [2.45, 2.75) is 19.3 Å². The molecule has 56 heavy (non-hydrogen) atoms. The van der Waals surface area contributed by atoms with Gasteiger partial charge in [0.1, 0.15) is 0 Å². The summed E-state index contributed by atoms with van der Waals surface area (Å²) in [5.74, 6) is 0. The van der Waals surface area contributed by atoms with Crippen LogP contribution in [0.2, 0.25) is 0 Å². The lowest BCUT2D eigenvalue weighted by atomic mass is 9.80. The number of fused-ring (bicyclic) bond motifs is 11. The predicted molar refractivity (Wildman–Crippen MR) is 243 cm³/mol. The molecule has 262 valence electrons. The van der Waals surface area contributed by atoms with Gasteiger partial charge in [0, 0.05) is 25.6 Å². The van der Waals surface area contributed by atoms with Gasteiger partial charge in [-0.15, -0.1) is 11.3 Å². The Hall–Kier alpha value is -6.54. The summed E-state index contributed by atoms with van der Waals surface area (Å²) in [7, 11) is 0. The van der Waals surface area contributed by atoms with Gasteiger partial charge in [-0.25, -0.2) is 0 Å². The van der Waals surface area contributed by atoms with Crippen LogP contribution in [0.3, 0.4) is 0 Å². The van der Waals surface area contributed by atoms with Gasteiger partial charge < -0.3 is 0 Å². The highest BCUT2D eigenvalue weighted by atomic mass is 32.1. The number of hydrogen-bond donors (Lipinski definition) is 0. The minimum atomic E-state index is -0.147. The molecule has 1 aliphatic carbocycles. The highest BCUT2D eigenvalue weighted by Gasteiger charge is 2.37. The van der Waals surface area contributed by atoms with E-state index in [0.717, 1.165) is 0 Å². The molecule has 10 aromatic carbocycles. The zero-order valence-corrected chi connectivity index (χ0v) is 32.0. The number of benzene rings is 10. The summed E-state index contributed by atoms with van der Waals surface area (Å²) in [6, 6.07) is 68.3. The number of thiophene rings is 1. The van der Waals surface area contributed by atoms with Crippen molar-refractivity contribution in [3.05, 3.63) is 193 Å². The molecule has 0 radical (unpaired) electrons. The first-order valence-corrected chi connectivity index (χ1v) is 20.4. The molecule has 0 N–H and O–H groups in total. The Morgan fingerprint density at radius 3 is 1.61 bits per heavy atom. The fourth-order valence-electron chi connectivity index (χ4n) is 10.1. The molecule has 1 aromatic heterocycles. The lowest BCUT2D eigenvalue weighted by Gasteiger charge is -2.23. The Morgan fingerprint density at radius 2 is 0.893 bits per heavy atom. The summed E-state index contributed by atoms with van der Waals surface area (Å²) < 4.78 is 2.71. The van der Waals surface area contributed by atoms with Crippen LogP contribution in [0.5, 0.6) is 0 Å². The van der Waals surface area contributed by atoms with Crippen LogP contribution in [0.25, 0.3) is 108 Å². The second kappa shape index (κ2) is 11.7. The largest absolute Gasteiger partial charge is 0.135 e. The van der Waals surface area contributed by atoms with E-state index in [2.05, 4.69) is 196 Å². The first kappa shape index (κ1) is 31.8. The molecule has 0 spiro atoms. The maximum atomic E-state index is 2.51. The van der Waals surface area contributed by atoms with Gasteiger partial charge in [-0.3, -0.25) is 0 Å². The molecule has 1 aliphatic rings. The molecule has 1 heterocycles. The lowest BCUT2D eigenvalue weighted by Crippen LogP contribution is -2.15. The molecule has 0 atom stereocenters. The first-order chi connectivity index (χ1) is 27.5. The second-order valence-corrected chi connectivity index (χ2v) is 17.0. The van der Waals surface area contributed by atoms with Crippen molar-refractivity contribution < 1.29 is 0 Å². The molecular weight excluding hydrogens is 693 g/mol. The minimum Gasteiger partial charge on any atom is -0.135 e. The third kappa shape index (κ3) is 4.41. The molecule has 12 rings (SSSR count). The molecular formula is C55H36S. The van der Waals surface area contributed by atoms with Crippen molar-refractivity contribution in [1.82, 2.24) is 0 Å². The van der Waals surface area contributed by atoms with Crippen molar-refractivity contribution in [3.63, 3.8) is 0 Å². The smallest absolute Gasteiger partial charge is 0.0361 e. The second-order valence-electron chi connectivity index (χ2n) is 16.0. The molecule has 0 amide bonds. The Balaban J connectivity index is 1.09. The summed E-state index contributed by atoms with van der Waals surface area (Å²) in [6.07, 6.45) is 0. The van der Waals surface area contributed by atoms with Crippen molar-refractivity contribution >= 4 is 74.6 Å². The summed E-state index contributed by atoms with van der Waals surface area (Å²) in [5.41, 5.74) is 13.0. The van der Waals surface area contributed by atoms with E-state index in [1.807, 2.05) is 11.3 Å². The van der Waals surface area contributed by atoms with E-state index in [1.54, 1.807) is 0 Å². The number of rotatable bonds is 3. The molecule has 0 bridgehead atoms. The molecule has 0 unspecified atom stereocenters. The zero-order valence-electron chi connectivity index (χ0n) is 31.2. The van der Waals surface area contributed by atoms with Crippen LogP contribution in [0.4, 0.5) is 0 Å². The quantitative estimate of drug-likeness (QED) is 0.159. The molecule has 0 saturated carbocycles. The summed E-state index contributed by atoms with van der Waals surface area (Å²) in [5, 5.41) is 13.0. The van der Waals surface area contributed by atoms with E-state index < -0.39 is 0 Å². The predicted octanol–water partition coefficient (Wildman–Crippen LogP) is 16.0. The summed E-state index contributed by atoms with van der Waals surface area (Å²) in [6.45, 7) is 4.82. The van der Waals surface area contributed by atoms with Crippen LogP contribution >= 0.6 is 11.3 Å². The lowest BCUT2D eigenvalue weighted by molar-refractivity contribution is 0.661. The topological polar surface area (TPSA) is 0 Å². The molecule has 11 aromatic rings. The maximum Gasteiger partial charge on any atom is 0.0361 e. The standard InChI is InChI=1S/C55H36S/c1-55(2)48-29-25-34-31-51-47(39-18-12-13-23-50(39)56-51)32-46(34)54(48)45-26-24-35(30-49(45)55)52-40-19-8-10-21-42(40)53(43-22-11-9-20-41(43)52)44-28-27-36(33-14-4-3-5-15-33)37-16-6-7-17-38(37)44/h3-32H,1-2H3. The average Bonchev–Trinajstić information content (AvgIpc) is 3.72. The van der Waals surface area contributed by atoms with E-state index in [-0.39, 0.29) is 5.41 Å². The van der Waals surface area contributed by atoms with E-state index in [1.165, 1.54) is 119 Å². The van der Waals surface area contributed by atoms with Crippen molar-refractivity contribution in [2.24, 2.45) is 0 Å². The third-order valence-corrected chi connectivity index (χ3v) is 13.8. The Labute approximate surface area is 329 Å². The van der Waals surface area contributed by atoms with Crippen LogP contribution in [0, 0.1) is 0 Å². The molecule has 0 fully saturated rings. The monoisotopic (exact) mass is 728 g/mol. The van der Waals surface area contributed by atoms with Gasteiger partial charge in [0.15, 0.2) is 0 Å². The van der Waals surface area contributed by atoms with Crippen LogP contribution in [0.15, 0.2) is 182 Å². The molecule has 0 nitrogen and oxygen atoms in total. The molecule has 0 saturated heterocycles. The number of hydrogen-bond acceptors (Lipinski definition) is 1. The van der Waals surface area contributed by atoms with Gasteiger partial charge >= 0.3 is 0 Å². The van der Waals surface area contributed by atoms with E-state index in [9.17, 15) is 0 Å². The Bertz CT molecular complexity index is 3380. The van der Waals surface area contributed by atoms with Crippen LogP contribution in [0.1, 0.15) is 25.0 Å². The summed E-state index contributed by atoms with van der Waals surface area (Å²) >= 11 is 1.90. The zero-order chi connectivity index (χ0) is 37.1.